The van der Waals surface area contributed by atoms with Gasteiger partial charge >= 0.3 is 0 Å². The molecule has 0 saturated heterocycles. The van der Waals surface area contributed by atoms with Gasteiger partial charge in [-0.05, 0) is 19.3 Å². The molecule has 0 spiro atoms. The molecule has 2 heterocycles. The highest BCUT2D eigenvalue weighted by molar-refractivity contribution is 5.55. The maximum absolute atomic E-state index is 5.27. The van der Waals surface area contributed by atoms with Gasteiger partial charge in [-0.15, -0.1) is 16.6 Å². The average molecular weight is 213 g/mol. The minimum Gasteiger partial charge on any atom is -0.360 e. The van der Waals surface area contributed by atoms with Crippen molar-refractivity contribution in [3.63, 3.8) is 0 Å². The summed E-state index contributed by atoms with van der Waals surface area (Å²) in [6, 6.07) is 0. The number of nitrogens with zero attached hydrogens (tertiary/aromatic N) is 4. The second-order valence-corrected chi connectivity index (χ2v) is 3.80. The Morgan fingerprint density at radius 1 is 1.50 bits per heavy atom. The highest BCUT2D eigenvalue weighted by Gasteiger charge is 2.19. The van der Waals surface area contributed by atoms with Crippen LogP contribution in [0.15, 0.2) is 6.33 Å². The Kier molecular flexibility index (Phi) is 2.00. The number of fused-ring (bicyclic) bond motifs is 2. The third-order valence-electron chi connectivity index (χ3n) is 2.84. The van der Waals surface area contributed by atoms with E-state index in [1.165, 1.54) is 5.56 Å². The lowest BCUT2D eigenvalue weighted by Crippen LogP contribution is -2.09. The first-order chi connectivity index (χ1) is 7.90. The molecule has 80 valence electrons. The molecule has 0 radical (unpaired) electrons. The van der Waals surface area contributed by atoms with E-state index in [1.807, 2.05) is 4.40 Å². The van der Waals surface area contributed by atoms with Crippen LogP contribution in [-0.4, -0.2) is 26.1 Å². The van der Waals surface area contributed by atoms with Gasteiger partial charge in [0.25, 0.3) is 5.78 Å². The summed E-state index contributed by atoms with van der Waals surface area (Å²) >= 11 is 0. The Morgan fingerprint density at radius 3 is 3.31 bits per heavy atom. The van der Waals surface area contributed by atoms with Crippen LogP contribution in [0.25, 0.3) is 5.78 Å². The summed E-state index contributed by atoms with van der Waals surface area (Å²) in [5.41, 5.74) is 2.38. The van der Waals surface area contributed by atoms with Crippen molar-refractivity contribution in [2.24, 2.45) is 0 Å². The molecule has 2 aromatic heterocycles. The Bertz CT molecular complexity index is 578. The zero-order valence-corrected chi connectivity index (χ0v) is 8.77. The molecule has 0 fully saturated rings. The van der Waals surface area contributed by atoms with E-state index in [1.54, 1.807) is 6.33 Å². The second-order valence-electron chi connectivity index (χ2n) is 3.80. The van der Waals surface area contributed by atoms with E-state index in [0.717, 1.165) is 30.8 Å². The van der Waals surface area contributed by atoms with Gasteiger partial charge in [0.05, 0.1) is 12.2 Å². The van der Waals surface area contributed by atoms with Crippen LogP contribution in [0.4, 0.5) is 5.82 Å². The smallest absolute Gasteiger partial charge is 0.256 e. The maximum Gasteiger partial charge on any atom is 0.256 e. The predicted octanol–water partition coefficient (Wildman–Crippen LogP) is 0.658. The Morgan fingerprint density at radius 2 is 2.44 bits per heavy atom. The van der Waals surface area contributed by atoms with E-state index in [0.29, 0.717) is 12.3 Å². The van der Waals surface area contributed by atoms with Crippen LogP contribution in [-0.2, 0) is 12.8 Å². The molecular formula is C11H11N5. The summed E-state index contributed by atoms with van der Waals surface area (Å²) < 4.78 is 1.86. The molecule has 0 amide bonds. The van der Waals surface area contributed by atoms with Gasteiger partial charge < -0.3 is 5.32 Å². The van der Waals surface area contributed by atoms with Crippen LogP contribution >= 0.6 is 0 Å². The van der Waals surface area contributed by atoms with Crippen LogP contribution in [0, 0.1) is 12.3 Å². The Labute approximate surface area is 92.9 Å². The molecule has 0 atom stereocenters. The van der Waals surface area contributed by atoms with Crippen LogP contribution in [0.3, 0.4) is 0 Å². The zero-order valence-electron chi connectivity index (χ0n) is 8.77. The van der Waals surface area contributed by atoms with Crippen molar-refractivity contribution in [3.05, 3.63) is 17.6 Å². The lowest BCUT2D eigenvalue weighted by molar-refractivity contribution is 0.899. The fourth-order valence-electron chi connectivity index (χ4n) is 2.16. The van der Waals surface area contributed by atoms with Gasteiger partial charge in [0, 0.05) is 5.56 Å². The Hall–Kier alpha value is -2.09. The molecule has 5 nitrogen and oxygen atoms in total. The lowest BCUT2D eigenvalue weighted by atomic mass is 10.2. The first-order valence-electron chi connectivity index (χ1n) is 5.29. The molecule has 16 heavy (non-hydrogen) atoms. The van der Waals surface area contributed by atoms with E-state index < -0.39 is 0 Å². The van der Waals surface area contributed by atoms with Crippen LogP contribution in [0.1, 0.15) is 17.7 Å². The van der Waals surface area contributed by atoms with Crippen molar-refractivity contribution >= 4 is 11.6 Å². The van der Waals surface area contributed by atoms with Gasteiger partial charge in [-0.2, -0.15) is 0 Å². The van der Waals surface area contributed by atoms with Gasteiger partial charge in [-0.3, -0.25) is 4.40 Å². The quantitative estimate of drug-likeness (QED) is 0.744. The molecule has 5 heteroatoms. The average Bonchev–Trinajstić information content (AvgIpc) is 2.91. The minimum atomic E-state index is 0.504. The normalized spacial score (nSPS) is 13.7. The van der Waals surface area contributed by atoms with Crippen molar-refractivity contribution in [3.8, 4) is 12.3 Å². The molecule has 0 bridgehead atoms. The Balaban J connectivity index is 2.21. The highest BCUT2D eigenvalue weighted by atomic mass is 15.3. The minimum absolute atomic E-state index is 0.504. The van der Waals surface area contributed by atoms with Gasteiger partial charge in [0.2, 0.25) is 0 Å². The number of aromatic nitrogens is 4. The predicted molar refractivity (Wildman–Crippen MR) is 60.1 cm³/mol. The van der Waals surface area contributed by atoms with Crippen molar-refractivity contribution in [2.45, 2.75) is 19.3 Å². The van der Waals surface area contributed by atoms with Crippen LogP contribution in [0.2, 0.25) is 0 Å². The van der Waals surface area contributed by atoms with E-state index in [-0.39, 0.29) is 0 Å². The number of anilines is 1. The van der Waals surface area contributed by atoms with Gasteiger partial charge in [-0.25, -0.2) is 4.98 Å². The van der Waals surface area contributed by atoms with Gasteiger partial charge in [-0.1, -0.05) is 5.92 Å². The molecule has 1 aliphatic carbocycles. The number of hydrogen-bond acceptors (Lipinski definition) is 4. The monoisotopic (exact) mass is 213 g/mol. The summed E-state index contributed by atoms with van der Waals surface area (Å²) in [5, 5.41) is 11.1. The largest absolute Gasteiger partial charge is 0.360 e. The molecule has 1 aliphatic rings. The molecule has 0 unspecified atom stereocenters. The first kappa shape index (κ1) is 9.16. The van der Waals surface area contributed by atoms with E-state index in [4.69, 9.17) is 6.42 Å². The van der Waals surface area contributed by atoms with Crippen molar-refractivity contribution < 1.29 is 0 Å². The third-order valence-corrected chi connectivity index (χ3v) is 2.84. The number of aryl methyl sites for hydroxylation is 1. The van der Waals surface area contributed by atoms with Crippen LogP contribution in [0.5, 0.6) is 0 Å². The molecule has 3 rings (SSSR count). The van der Waals surface area contributed by atoms with Gasteiger partial charge in [0.15, 0.2) is 0 Å². The number of rotatable bonds is 2. The summed E-state index contributed by atoms with van der Waals surface area (Å²) in [5.74, 6) is 4.22. The van der Waals surface area contributed by atoms with E-state index in [2.05, 4.69) is 26.4 Å². The van der Waals surface area contributed by atoms with Gasteiger partial charge in [0.1, 0.15) is 12.1 Å². The van der Waals surface area contributed by atoms with E-state index in [9.17, 15) is 0 Å². The fourth-order valence-corrected chi connectivity index (χ4v) is 2.16. The van der Waals surface area contributed by atoms with E-state index >= 15 is 0 Å². The first-order valence-corrected chi connectivity index (χ1v) is 5.29. The zero-order chi connectivity index (χ0) is 11.0. The number of hydrogen-bond donors (Lipinski definition) is 1. The molecule has 0 aromatic carbocycles. The fraction of sp³-hybridized carbons (Fsp3) is 0.364. The van der Waals surface area contributed by atoms with Crippen LogP contribution < -0.4 is 5.32 Å². The molecule has 1 N–H and O–H groups in total. The lowest BCUT2D eigenvalue weighted by Gasteiger charge is -2.10. The number of terminal acetylenes is 1. The van der Waals surface area contributed by atoms with Crippen molar-refractivity contribution in [1.29, 1.82) is 0 Å². The number of nitrogens with one attached hydrogen (secondary N) is 1. The summed E-state index contributed by atoms with van der Waals surface area (Å²) in [6.45, 7) is 0.504. The SMILES string of the molecule is C#CCNc1c2c(nc3nncn13)CCC2. The summed E-state index contributed by atoms with van der Waals surface area (Å²) in [4.78, 5) is 4.48. The molecule has 0 aliphatic heterocycles. The van der Waals surface area contributed by atoms with Crippen molar-refractivity contribution in [2.75, 3.05) is 11.9 Å². The molecule has 0 saturated carbocycles. The summed E-state index contributed by atoms with van der Waals surface area (Å²) in [6.07, 6.45) is 10.1. The summed E-state index contributed by atoms with van der Waals surface area (Å²) in [7, 11) is 0. The molecular weight excluding hydrogens is 202 g/mol. The second kappa shape index (κ2) is 3.49. The van der Waals surface area contributed by atoms with Crippen molar-refractivity contribution in [1.82, 2.24) is 19.6 Å². The standard InChI is InChI=1S/C11H11N5/c1-2-6-12-10-8-4-3-5-9(8)14-11-15-13-7-16(10)11/h1,7,12H,3-6H2. The maximum atomic E-state index is 5.27. The highest BCUT2D eigenvalue weighted by Crippen LogP contribution is 2.27. The molecule has 2 aromatic rings. The third kappa shape index (κ3) is 1.23. The topological polar surface area (TPSA) is 55.1 Å².